The lowest BCUT2D eigenvalue weighted by Crippen LogP contribution is -2.39. The number of morpholine rings is 1. The molecule has 32 heavy (non-hydrogen) atoms. The minimum absolute atomic E-state index is 0.255. The number of amides is 2. The standard InChI is InChI=1S/C25H28ClN3O3/c1-17-4-6-19(7-5-17)22-23(27-21-9-8-20(26)16-18(21)2)25(31)29(24(22)30)11-3-10-28-12-14-32-15-13-28/h4-9,16,27H,3,10-15H2,1-2H3. The number of imide groups is 1. The molecule has 0 radical (unpaired) electrons. The highest BCUT2D eigenvalue weighted by Crippen LogP contribution is 2.32. The number of hydrogen-bond donors (Lipinski definition) is 1. The fourth-order valence-electron chi connectivity index (χ4n) is 4.06. The summed E-state index contributed by atoms with van der Waals surface area (Å²) in [6.07, 6.45) is 0.728. The van der Waals surface area contributed by atoms with Crippen LogP contribution in [-0.2, 0) is 14.3 Å². The second-order valence-electron chi connectivity index (χ2n) is 8.27. The van der Waals surface area contributed by atoms with E-state index in [0.717, 1.165) is 61.6 Å². The van der Waals surface area contributed by atoms with Crippen molar-refractivity contribution in [1.82, 2.24) is 9.80 Å². The monoisotopic (exact) mass is 453 g/mol. The number of nitrogens with zero attached hydrogens (tertiary/aromatic N) is 2. The molecule has 0 bridgehead atoms. The SMILES string of the molecule is Cc1ccc(C2=C(Nc3ccc(Cl)cc3C)C(=O)N(CCCN3CCOCC3)C2=O)cc1. The van der Waals surface area contributed by atoms with Crippen molar-refractivity contribution in [2.75, 3.05) is 44.7 Å². The van der Waals surface area contributed by atoms with Gasteiger partial charge in [0.15, 0.2) is 0 Å². The fourth-order valence-corrected chi connectivity index (χ4v) is 4.29. The molecule has 1 fully saturated rings. The summed E-state index contributed by atoms with van der Waals surface area (Å²) in [7, 11) is 0. The van der Waals surface area contributed by atoms with Crippen molar-refractivity contribution >= 4 is 34.7 Å². The number of benzene rings is 2. The number of carbonyl (C=O) groups excluding carboxylic acids is 2. The van der Waals surface area contributed by atoms with Gasteiger partial charge in [-0.25, -0.2) is 0 Å². The number of rotatable bonds is 7. The van der Waals surface area contributed by atoms with Gasteiger partial charge < -0.3 is 10.1 Å². The molecule has 7 heteroatoms. The molecule has 2 aromatic rings. The van der Waals surface area contributed by atoms with E-state index in [4.69, 9.17) is 16.3 Å². The van der Waals surface area contributed by atoms with Gasteiger partial charge in [-0.1, -0.05) is 41.4 Å². The fraction of sp³-hybridized carbons (Fsp3) is 0.360. The molecule has 2 aromatic carbocycles. The van der Waals surface area contributed by atoms with Crippen LogP contribution in [0.25, 0.3) is 5.57 Å². The maximum absolute atomic E-state index is 13.4. The van der Waals surface area contributed by atoms with Gasteiger partial charge in [0.2, 0.25) is 0 Å². The van der Waals surface area contributed by atoms with Gasteiger partial charge in [0.25, 0.3) is 11.8 Å². The third-order valence-corrected chi connectivity index (χ3v) is 6.15. The van der Waals surface area contributed by atoms with Crippen molar-refractivity contribution in [2.24, 2.45) is 0 Å². The van der Waals surface area contributed by atoms with Crippen LogP contribution in [-0.4, -0.2) is 61.0 Å². The minimum Gasteiger partial charge on any atom is -0.379 e. The molecule has 0 atom stereocenters. The smallest absolute Gasteiger partial charge is 0.278 e. The number of anilines is 1. The van der Waals surface area contributed by atoms with E-state index in [-0.39, 0.29) is 11.8 Å². The van der Waals surface area contributed by atoms with Crippen LogP contribution in [0.15, 0.2) is 48.2 Å². The highest BCUT2D eigenvalue weighted by molar-refractivity contribution is 6.36. The summed E-state index contributed by atoms with van der Waals surface area (Å²) >= 11 is 6.09. The van der Waals surface area contributed by atoms with Crippen LogP contribution in [0.1, 0.15) is 23.1 Å². The number of hydrogen-bond acceptors (Lipinski definition) is 5. The summed E-state index contributed by atoms with van der Waals surface area (Å²) in [6, 6.07) is 13.1. The van der Waals surface area contributed by atoms with Crippen molar-refractivity contribution < 1.29 is 14.3 Å². The molecular formula is C25H28ClN3O3. The first-order valence-electron chi connectivity index (χ1n) is 10.9. The van der Waals surface area contributed by atoms with Crippen LogP contribution >= 0.6 is 11.6 Å². The summed E-state index contributed by atoms with van der Waals surface area (Å²) in [5.74, 6) is -0.545. The average Bonchev–Trinajstić information content (AvgIpc) is 3.01. The third-order valence-electron chi connectivity index (χ3n) is 5.92. The molecule has 0 spiro atoms. The van der Waals surface area contributed by atoms with E-state index >= 15 is 0 Å². The van der Waals surface area contributed by atoms with Gasteiger partial charge >= 0.3 is 0 Å². The van der Waals surface area contributed by atoms with Gasteiger partial charge in [-0.15, -0.1) is 0 Å². The molecule has 1 saturated heterocycles. The number of ether oxygens (including phenoxy) is 1. The number of aryl methyl sites for hydroxylation is 2. The Bertz CT molecular complexity index is 1040. The third kappa shape index (κ3) is 4.88. The summed E-state index contributed by atoms with van der Waals surface area (Å²) in [5, 5.41) is 3.86. The molecule has 0 aliphatic carbocycles. The van der Waals surface area contributed by atoms with E-state index in [1.165, 1.54) is 4.90 Å². The largest absolute Gasteiger partial charge is 0.379 e. The Balaban J connectivity index is 1.58. The molecular weight excluding hydrogens is 426 g/mol. The van der Waals surface area contributed by atoms with Crippen molar-refractivity contribution in [3.8, 4) is 0 Å². The highest BCUT2D eigenvalue weighted by atomic mass is 35.5. The van der Waals surface area contributed by atoms with E-state index < -0.39 is 0 Å². The second-order valence-corrected chi connectivity index (χ2v) is 8.71. The van der Waals surface area contributed by atoms with E-state index in [2.05, 4.69) is 10.2 Å². The van der Waals surface area contributed by atoms with Crippen molar-refractivity contribution in [3.05, 3.63) is 69.9 Å². The Morgan fingerprint density at radius 3 is 2.38 bits per heavy atom. The molecule has 168 valence electrons. The lowest BCUT2D eigenvalue weighted by Gasteiger charge is -2.27. The number of nitrogens with one attached hydrogen (secondary N) is 1. The molecule has 6 nitrogen and oxygen atoms in total. The molecule has 2 amide bonds. The first kappa shape index (κ1) is 22.5. The van der Waals surface area contributed by atoms with Gasteiger partial charge in [-0.2, -0.15) is 0 Å². The summed E-state index contributed by atoms with van der Waals surface area (Å²) < 4.78 is 5.39. The number of halogens is 1. The van der Waals surface area contributed by atoms with Crippen LogP contribution < -0.4 is 5.32 Å². The van der Waals surface area contributed by atoms with Crippen LogP contribution in [0.4, 0.5) is 5.69 Å². The maximum Gasteiger partial charge on any atom is 0.278 e. The Hall–Kier alpha value is -2.67. The van der Waals surface area contributed by atoms with Crippen LogP contribution in [0.3, 0.4) is 0 Å². The molecule has 2 heterocycles. The van der Waals surface area contributed by atoms with E-state index in [9.17, 15) is 9.59 Å². The Morgan fingerprint density at radius 1 is 0.969 bits per heavy atom. The Kier molecular flexibility index (Phi) is 6.94. The molecule has 0 saturated carbocycles. The van der Waals surface area contributed by atoms with Gasteiger partial charge in [0.05, 0.1) is 18.8 Å². The van der Waals surface area contributed by atoms with Crippen LogP contribution in [0.2, 0.25) is 5.02 Å². The normalized spacial score (nSPS) is 17.4. The van der Waals surface area contributed by atoms with Crippen LogP contribution in [0, 0.1) is 13.8 Å². The zero-order valence-electron chi connectivity index (χ0n) is 18.5. The molecule has 2 aliphatic heterocycles. The van der Waals surface area contributed by atoms with Crippen LogP contribution in [0.5, 0.6) is 0 Å². The van der Waals surface area contributed by atoms with Crippen molar-refractivity contribution in [1.29, 1.82) is 0 Å². The number of carbonyl (C=O) groups is 2. The first-order chi connectivity index (χ1) is 15.4. The van der Waals surface area contributed by atoms with Gasteiger partial charge in [-0.3, -0.25) is 19.4 Å². The zero-order valence-corrected chi connectivity index (χ0v) is 19.2. The predicted octanol–water partition coefficient (Wildman–Crippen LogP) is 3.87. The minimum atomic E-state index is -0.290. The molecule has 0 aromatic heterocycles. The first-order valence-corrected chi connectivity index (χ1v) is 11.3. The zero-order chi connectivity index (χ0) is 22.7. The topological polar surface area (TPSA) is 61.9 Å². The lowest BCUT2D eigenvalue weighted by molar-refractivity contribution is -0.136. The van der Waals surface area contributed by atoms with E-state index in [1.807, 2.05) is 50.2 Å². The summed E-state index contributed by atoms with van der Waals surface area (Å²) in [5.41, 5.74) is 4.21. The predicted molar refractivity (Wildman–Crippen MR) is 127 cm³/mol. The maximum atomic E-state index is 13.4. The summed E-state index contributed by atoms with van der Waals surface area (Å²) in [4.78, 5) is 30.4. The molecule has 1 N–H and O–H groups in total. The van der Waals surface area contributed by atoms with Gasteiger partial charge in [0, 0.05) is 36.9 Å². The quantitative estimate of drug-likeness (QED) is 0.645. The van der Waals surface area contributed by atoms with Gasteiger partial charge in [-0.05, 0) is 49.6 Å². The second kappa shape index (κ2) is 9.86. The van der Waals surface area contributed by atoms with Crippen molar-refractivity contribution in [3.63, 3.8) is 0 Å². The average molecular weight is 454 g/mol. The van der Waals surface area contributed by atoms with Gasteiger partial charge in [0.1, 0.15) is 5.70 Å². The Morgan fingerprint density at radius 2 is 1.69 bits per heavy atom. The molecule has 0 unspecified atom stereocenters. The molecule has 4 rings (SSSR count). The van der Waals surface area contributed by atoms with E-state index in [0.29, 0.717) is 22.8 Å². The van der Waals surface area contributed by atoms with Crippen molar-refractivity contribution in [2.45, 2.75) is 20.3 Å². The Labute approximate surface area is 193 Å². The lowest BCUT2D eigenvalue weighted by atomic mass is 10.0. The highest BCUT2D eigenvalue weighted by Gasteiger charge is 2.39. The van der Waals surface area contributed by atoms with E-state index in [1.54, 1.807) is 6.07 Å². The molecule has 2 aliphatic rings. The summed E-state index contributed by atoms with van der Waals surface area (Å²) in [6.45, 7) is 8.36.